The van der Waals surface area contributed by atoms with Crippen molar-refractivity contribution in [3.63, 3.8) is 0 Å². The molecule has 0 saturated carbocycles. The van der Waals surface area contributed by atoms with Crippen LogP contribution in [-0.4, -0.2) is 50.3 Å². The lowest BCUT2D eigenvalue weighted by molar-refractivity contribution is 0.0385. The van der Waals surface area contributed by atoms with Gasteiger partial charge in [0.15, 0.2) is 0 Å². The van der Waals surface area contributed by atoms with Crippen molar-refractivity contribution in [1.29, 1.82) is 0 Å². The summed E-state index contributed by atoms with van der Waals surface area (Å²) < 4.78 is 5.54. The minimum atomic E-state index is 0.650. The van der Waals surface area contributed by atoms with Gasteiger partial charge in [-0.2, -0.15) is 0 Å². The standard InChI is InChI=1S/C12H24N2O/c1-11-8-14(6-3-5-13-11)9-12-4-2-7-15-10-12/h11-13H,2-10H2,1H3. The monoisotopic (exact) mass is 212 g/mol. The highest BCUT2D eigenvalue weighted by molar-refractivity contribution is 4.76. The average Bonchev–Trinajstić information content (AvgIpc) is 2.44. The van der Waals surface area contributed by atoms with Gasteiger partial charge in [0, 0.05) is 25.7 Å². The SMILES string of the molecule is CC1CN(CC2CCCOC2)CCCN1. The van der Waals surface area contributed by atoms with Gasteiger partial charge in [-0.05, 0) is 45.2 Å². The first-order chi connectivity index (χ1) is 7.34. The Kier molecular flexibility index (Phi) is 4.42. The molecule has 3 heteroatoms. The molecule has 0 amide bonds. The van der Waals surface area contributed by atoms with Crippen molar-refractivity contribution in [2.75, 3.05) is 39.4 Å². The largest absolute Gasteiger partial charge is 0.381 e. The highest BCUT2D eigenvalue weighted by Crippen LogP contribution is 2.15. The molecule has 1 N–H and O–H groups in total. The molecule has 3 nitrogen and oxygen atoms in total. The van der Waals surface area contributed by atoms with Gasteiger partial charge >= 0.3 is 0 Å². The van der Waals surface area contributed by atoms with Crippen molar-refractivity contribution < 1.29 is 4.74 Å². The number of ether oxygens (including phenoxy) is 1. The zero-order chi connectivity index (χ0) is 10.5. The Morgan fingerprint density at radius 1 is 1.40 bits per heavy atom. The van der Waals surface area contributed by atoms with Gasteiger partial charge < -0.3 is 15.0 Å². The van der Waals surface area contributed by atoms with Gasteiger partial charge in [0.05, 0.1) is 6.61 Å². The van der Waals surface area contributed by atoms with E-state index in [0.717, 1.165) is 19.1 Å². The van der Waals surface area contributed by atoms with E-state index >= 15 is 0 Å². The van der Waals surface area contributed by atoms with Crippen molar-refractivity contribution in [2.45, 2.75) is 32.2 Å². The number of nitrogens with zero attached hydrogens (tertiary/aromatic N) is 1. The van der Waals surface area contributed by atoms with Crippen LogP contribution >= 0.6 is 0 Å². The fourth-order valence-electron chi connectivity index (χ4n) is 2.68. The van der Waals surface area contributed by atoms with Crippen molar-refractivity contribution in [1.82, 2.24) is 10.2 Å². The van der Waals surface area contributed by atoms with E-state index in [2.05, 4.69) is 17.1 Å². The summed E-state index contributed by atoms with van der Waals surface area (Å²) in [5, 5.41) is 3.54. The fourth-order valence-corrected chi connectivity index (χ4v) is 2.68. The number of hydrogen-bond acceptors (Lipinski definition) is 3. The van der Waals surface area contributed by atoms with Crippen LogP contribution in [-0.2, 0) is 4.74 Å². The van der Waals surface area contributed by atoms with E-state index in [4.69, 9.17) is 4.74 Å². The summed E-state index contributed by atoms with van der Waals surface area (Å²) >= 11 is 0. The van der Waals surface area contributed by atoms with E-state index in [-0.39, 0.29) is 0 Å². The van der Waals surface area contributed by atoms with E-state index in [1.807, 2.05) is 0 Å². The Balaban J connectivity index is 1.76. The van der Waals surface area contributed by atoms with Gasteiger partial charge in [-0.15, -0.1) is 0 Å². The summed E-state index contributed by atoms with van der Waals surface area (Å²) in [5.41, 5.74) is 0. The van der Waals surface area contributed by atoms with Gasteiger partial charge in [-0.1, -0.05) is 0 Å². The molecule has 15 heavy (non-hydrogen) atoms. The van der Waals surface area contributed by atoms with E-state index in [0.29, 0.717) is 6.04 Å². The quantitative estimate of drug-likeness (QED) is 0.742. The van der Waals surface area contributed by atoms with Crippen LogP contribution in [0.15, 0.2) is 0 Å². The van der Waals surface area contributed by atoms with Crippen molar-refractivity contribution >= 4 is 0 Å². The molecule has 0 bridgehead atoms. The Morgan fingerprint density at radius 2 is 2.33 bits per heavy atom. The van der Waals surface area contributed by atoms with Gasteiger partial charge in [0.25, 0.3) is 0 Å². The van der Waals surface area contributed by atoms with E-state index in [1.54, 1.807) is 0 Å². The lowest BCUT2D eigenvalue weighted by Gasteiger charge is -2.29. The van der Waals surface area contributed by atoms with Gasteiger partial charge in [-0.25, -0.2) is 0 Å². The number of hydrogen-bond donors (Lipinski definition) is 1. The van der Waals surface area contributed by atoms with E-state index in [9.17, 15) is 0 Å². The molecule has 2 heterocycles. The number of rotatable bonds is 2. The molecule has 0 aliphatic carbocycles. The van der Waals surface area contributed by atoms with Gasteiger partial charge in [0.2, 0.25) is 0 Å². The maximum Gasteiger partial charge on any atom is 0.0506 e. The molecule has 2 saturated heterocycles. The maximum absolute atomic E-state index is 5.54. The Hall–Kier alpha value is -0.120. The molecule has 0 aromatic carbocycles. The van der Waals surface area contributed by atoms with Gasteiger partial charge in [0.1, 0.15) is 0 Å². The summed E-state index contributed by atoms with van der Waals surface area (Å²) in [5.74, 6) is 0.782. The topological polar surface area (TPSA) is 24.5 Å². The van der Waals surface area contributed by atoms with Gasteiger partial charge in [-0.3, -0.25) is 0 Å². The molecule has 2 atom stereocenters. The highest BCUT2D eigenvalue weighted by Gasteiger charge is 2.20. The van der Waals surface area contributed by atoms with E-state index < -0.39 is 0 Å². The molecule has 2 aliphatic rings. The van der Waals surface area contributed by atoms with Crippen molar-refractivity contribution in [2.24, 2.45) is 5.92 Å². The second-order valence-electron chi connectivity index (χ2n) is 5.05. The first-order valence-electron chi connectivity index (χ1n) is 6.38. The predicted molar refractivity (Wildman–Crippen MR) is 62.1 cm³/mol. The predicted octanol–water partition coefficient (Wildman–Crippen LogP) is 1.10. The van der Waals surface area contributed by atoms with Crippen LogP contribution < -0.4 is 5.32 Å². The van der Waals surface area contributed by atoms with Crippen LogP contribution in [0.5, 0.6) is 0 Å². The van der Waals surface area contributed by atoms with Crippen LogP contribution in [0, 0.1) is 5.92 Å². The minimum absolute atomic E-state index is 0.650. The highest BCUT2D eigenvalue weighted by atomic mass is 16.5. The summed E-state index contributed by atoms with van der Waals surface area (Å²) in [4.78, 5) is 2.62. The molecule has 0 spiro atoms. The molecule has 2 fully saturated rings. The zero-order valence-electron chi connectivity index (χ0n) is 9.87. The Labute approximate surface area is 93.2 Å². The summed E-state index contributed by atoms with van der Waals surface area (Å²) in [6.07, 6.45) is 3.91. The molecule has 2 rings (SSSR count). The van der Waals surface area contributed by atoms with Crippen LogP contribution in [0.1, 0.15) is 26.2 Å². The Bertz CT molecular complexity index is 180. The molecule has 88 valence electrons. The molecule has 0 aromatic rings. The third-order valence-electron chi connectivity index (χ3n) is 3.45. The molecule has 2 unspecified atom stereocenters. The fraction of sp³-hybridized carbons (Fsp3) is 1.00. The second kappa shape index (κ2) is 5.83. The van der Waals surface area contributed by atoms with Crippen LogP contribution in [0.4, 0.5) is 0 Å². The van der Waals surface area contributed by atoms with Crippen molar-refractivity contribution in [3.05, 3.63) is 0 Å². The first kappa shape index (κ1) is 11.4. The van der Waals surface area contributed by atoms with Crippen LogP contribution in [0.3, 0.4) is 0 Å². The molecular formula is C12H24N2O. The number of nitrogens with one attached hydrogen (secondary N) is 1. The summed E-state index contributed by atoms with van der Waals surface area (Å²) in [6, 6.07) is 0.650. The molecule has 2 aliphatic heterocycles. The summed E-state index contributed by atoms with van der Waals surface area (Å²) in [7, 11) is 0. The molecular weight excluding hydrogens is 188 g/mol. The molecule has 0 aromatic heterocycles. The third kappa shape index (κ3) is 3.74. The first-order valence-corrected chi connectivity index (χ1v) is 6.38. The maximum atomic E-state index is 5.54. The average molecular weight is 212 g/mol. The molecule has 0 radical (unpaired) electrons. The Morgan fingerprint density at radius 3 is 3.13 bits per heavy atom. The van der Waals surface area contributed by atoms with Crippen LogP contribution in [0.2, 0.25) is 0 Å². The third-order valence-corrected chi connectivity index (χ3v) is 3.45. The van der Waals surface area contributed by atoms with Crippen molar-refractivity contribution in [3.8, 4) is 0 Å². The normalized spacial score (nSPS) is 35.0. The minimum Gasteiger partial charge on any atom is -0.381 e. The van der Waals surface area contributed by atoms with E-state index in [1.165, 1.54) is 45.4 Å². The zero-order valence-corrected chi connectivity index (χ0v) is 9.87. The van der Waals surface area contributed by atoms with Crippen LogP contribution in [0.25, 0.3) is 0 Å². The summed E-state index contributed by atoms with van der Waals surface area (Å²) in [6.45, 7) is 9.14. The lowest BCUT2D eigenvalue weighted by Crippen LogP contribution is -2.39. The smallest absolute Gasteiger partial charge is 0.0506 e. The lowest BCUT2D eigenvalue weighted by atomic mass is 10.0. The second-order valence-corrected chi connectivity index (χ2v) is 5.05.